The molecule has 2 N–H and O–H groups in total. The van der Waals surface area contributed by atoms with Gasteiger partial charge in [-0.05, 0) is 37.0 Å². The molecule has 0 aliphatic heterocycles. The molecule has 3 rings (SSSR count). The van der Waals surface area contributed by atoms with E-state index in [9.17, 15) is 0 Å². The highest BCUT2D eigenvalue weighted by atomic mass is 16.5. The highest BCUT2D eigenvalue weighted by Gasteiger charge is 2.24. The van der Waals surface area contributed by atoms with Gasteiger partial charge in [-0.3, -0.25) is 0 Å². The van der Waals surface area contributed by atoms with Gasteiger partial charge in [0.2, 0.25) is 0 Å². The van der Waals surface area contributed by atoms with Crippen LogP contribution in [0, 0.1) is 0 Å². The molecule has 6 nitrogen and oxygen atoms in total. The number of rotatable bonds is 8. The molecular formula is C20H30N4O2. The van der Waals surface area contributed by atoms with E-state index in [1.807, 2.05) is 12.1 Å². The maximum absolute atomic E-state index is 6.56. The van der Waals surface area contributed by atoms with E-state index < -0.39 is 0 Å². The normalized spacial score (nSPS) is 16.6. The third kappa shape index (κ3) is 4.62. The van der Waals surface area contributed by atoms with E-state index in [4.69, 9.17) is 25.3 Å². The summed E-state index contributed by atoms with van der Waals surface area (Å²) < 4.78 is 12.5. The van der Waals surface area contributed by atoms with Gasteiger partial charge in [0.05, 0.1) is 25.8 Å². The molecule has 6 heteroatoms. The van der Waals surface area contributed by atoms with Crippen molar-refractivity contribution < 1.29 is 9.47 Å². The second-order valence-electron chi connectivity index (χ2n) is 7.02. The smallest absolute Gasteiger partial charge is 0.153 e. The molecule has 0 bridgehead atoms. The molecule has 142 valence electrons. The molecule has 2 aromatic rings. The molecule has 1 atom stereocenters. The second kappa shape index (κ2) is 9.14. The Morgan fingerprint density at radius 1 is 1.15 bits per heavy atom. The lowest BCUT2D eigenvalue weighted by atomic mass is 9.95. The summed E-state index contributed by atoms with van der Waals surface area (Å²) >= 11 is 0. The number of nitrogens with zero attached hydrogens (tertiary/aromatic N) is 3. The van der Waals surface area contributed by atoms with Crippen LogP contribution in [0.5, 0.6) is 5.75 Å². The van der Waals surface area contributed by atoms with Crippen molar-refractivity contribution in [1.29, 1.82) is 0 Å². The first-order chi connectivity index (χ1) is 12.7. The summed E-state index contributed by atoms with van der Waals surface area (Å²) in [4.78, 5) is 4.77. The zero-order valence-corrected chi connectivity index (χ0v) is 15.9. The summed E-state index contributed by atoms with van der Waals surface area (Å²) in [5.74, 6) is 2.59. The van der Waals surface area contributed by atoms with Crippen LogP contribution in [0.3, 0.4) is 0 Å². The average molecular weight is 358 g/mol. The fourth-order valence-corrected chi connectivity index (χ4v) is 3.63. The summed E-state index contributed by atoms with van der Waals surface area (Å²) in [6, 6.07) is 8.31. The van der Waals surface area contributed by atoms with Crippen LogP contribution in [-0.2, 0) is 17.6 Å². The van der Waals surface area contributed by atoms with Gasteiger partial charge in [-0.25, -0.2) is 9.67 Å². The summed E-state index contributed by atoms with van der Waals surface area (Å²) in [6.45, 7) is 0.627. The van der Waals surface area contributed by atoms with Crippen LogP contribution in [0.1, 0.15) is 61.4 Å². The van der Waals surface area contributed by atoms with E-state index in [1.54, 1.807) is 14.2 Å². The maximum Gasteiger partial charge on any atom is 0.153 e. The van der Waals surface area contributed by atoms with Gasteiger partial charge in [-0.1, -0.05) is 31.4 Å². The summed E-state index contributed by atoms with van der Waals surface area (Å²) in [7, 11) is 3.38. The average Bonchev–Trinajstić information content (AvgIpc) is 3.12. The molecular weight excluding hydrogens is 328 g/mol. The molecule has 26 heavy (non-hydrogen) atoms. The van der Waals surface area contributed by atoms with Gasteiger partial charge in [0, 0.05) is 13.5 Å². The maximum atomic E-state index is 6.56. The number of hydrogen-bond acceptors (Lipinski definition) is 5. The number of aromatic nitrogens is 3. The van der Waals surface area contributed by atoms with Crippen molar-refractivity contribution in [3.05, 3.63) is 41.5 Å². The lowest BCUT2D eigenvalue weighted by molar-refractivity contribution is 0.200. The lowest BCUT2D eigenvalue weighted by Crippen LogP contribution is -2.23. The summed E-state index contributed by atoms with van der Waals surface area (Å²) in [5.41, 5.74) is 7.74. The van der Waals surface area contributed by atoms with Gasteiger partial charge in [0.25, 0.3) is 0 Å². The highest BCUT2D eigenvalue weighted by Crippen LogP contribution is 2.30. The minimum absolute atomic E-state index is 0.172. The van der Waals surface area contributed by atoms with E-state index in [0.29, 0.717) is 12.6 Å². The Bertz CT molecular complexity index is 678. The number of benzene rings is 1. The van der Waals surface area contributed by atoms with Crippen LogP contribution in [-0.4, -0.2) is 35.6 Å². The van der Waals surface area contributed by atoms with Crippen LogP contribution in [0.4, 0.5) is 0 Å². The van der Waals surface area contributed by atoms with Crippen molar-refractivity contribution in [3.8, 4) is 5.75 Å². The zero-order valence-electron chi connectivity index (χ0n) is 15.9. The number of nitrogens with two attached hydrogens (primary N) is 1. The Balaban J connectivity index is 1.79. The largest absolute Gasteiger partial charge is 0.497 e. The monoisotopic (exact) mass is 358 g/mol. The van der Waals surface area contributed by atoms with Crippen molar-refractivity contribution >= 4 is 0 Å². The van der Waals surface area contributed by atoms with Crippen LogP contribution in [0.15, 0.2) is 24.3 Å². The number of ether oxygens (including phenoxy) is 2. The molecule has 1 fully saturated rings. The zero-order chi connectivity index (χ0) is 18.4. The molecule has 0 saturated heterocycles. The quantitative estimate of drug-likeness (QED) is 0.784. The lowest BCUT2D eigenvalue weighted by Gasteiger charge is -2.24. The topological polar surface area (TPSA) is 75.2 Å². The van der Waals surface area contributed by atoms with Crippen LogP contribution < -0.4 is 10.5 Å². The molecule has 1 aliphatic rings. The van der Waals surface area contributed by atoms with Crippen molar-refractivity contribution in [2.24, 2.45) is 5.73 Å². The Hall–Kier alpha value is -1.92. The van der Waals surface area contributed by atoms with E-state index in [1.165, 1.54) is 24.8 Å². The standard InChI is InChI=1S/C20H30N4O2/c1-25-13-12-19-22-20(24(23-19)16-6-4-3-5-7-16)18(21)14-15-8-10-17(26-2)11-9-15/h8-11,16,18H,3-7,12-14,21H2,1-2H3/t18-/m0/s1. The van der Waals surface area contributed by atoms with E-state index in [0.717, 1.165) is 43.1 Å². The molecule has 1 saturated carbocycles. The van der Waals surface area contributed by atoms with Crippen LogP contribution >= 0.6 is 0 Å². The molecule has 1 aromatic carbocycles. The van der Waals surface area contributed by atoms with Crippen molar-refractivity contribution in [2.75, 3.05) is 20.8 Å². The molecule has 1 aromatic heterocycles. The second-order valence-corrected chi connectivity index (χ2v) is 7.02. The molecule has 0 spiro atoms. The Morgan fingerprint density at radius 3 is 2.54 bits per heavy atom. The summed E-state index contributed by atoms with van der Waals surface area (Å²) in [5, 5.41) is 4.79. The minimum Gasteiger partial charge on any atom is -0.497 e. The number of methoxy groups -OCH3 is 2. The van der Waals surface area contributed by atoms with Gasteiger partial charge in [-0.15, -0.1) is 0 Å². The first kappa shape index (κ1) is 18.9. The van der Waals surface area contributed by atoms with E-state index in [-0.39, 0.29) is 6.04 Å². The minimum atomic E-state index is -0.172. The fraction of sp³-hybridized carbons (Fsp3) is 0.600. The molecule has 1 heterocycles. The number of hydrogen-bond donors (Lipinski definition) is 1. The van der Waals surface area contributed by atoms with Gasteiger partial charge < -0.3 is 15.2 Å². The van der Waals surface area contributed by atoms with Gasteiger partial charge in [0.1, 0.15) is 11.6 Å². The predicted molar refractivity (Wildman–Crippen MR) is 101 cm³/mol. The third-order valence-corrected chi connectivity index (χ3v) is 5.10. The van der Waals surface area contributed by atoms with Crippen molar-refractivity contribution in [3.63, 3.8) is 0 Å². The van der Waals surface area contributed by atoms with Gasteiger partial charge in [0.15, 0.2) is 5.82 Å². The summed E-state index contributed by atoms with van der Waals surface area (Å²) in [6.07, 6.45) is 7.60. The van der Waals surface area contributed by atoms with E-state index in [2.05, 4.69) is 16.8 Å². The molecule has 0 amide bonds. The Morgan fingerprint density at radius 2 is 1.88 bits per heavy atom. The van der Waals surface area contributed by atoms with Crippen LogP contribution in [0.25, 0.3) is 0 Å². The highest BCUT2D eigenvalue weighted by molar-refractivity contribution is 5.28. The molecule has 0 unspecified atom stereocenters. The Kier molecular flexibility index (Phi) is 6.63. The SMILES string of the molecule is COCCc1nc([C@@H](N)Cc2ccc(OC)cc2)n(C2CCCCC2)n1. The predicted octanol–water partition coefficient (Wildman–Crippen LogP) is 3.22. The molecule has 1 aliphatic carbocycles. The van der Waals surface area contributed by atoms with Gasteiger partial charge in [-0.2, -0.15) is 5.10 Å². The fourth-order valence-electron chi connectivity index (χ4n) is 3.63. The van der Waals surface area contributed by atoms with Gasteiger partial charge >= 0.3 is 0 Å². The Labute approximate surface area is 155 Å². The van der Waals surface area contributed by atoms with Crippen molar-refractivity contribution in [2.45, 2.75) is 57.0 Å². The first-order valence-electron chi connectivity index (χ1n) is 9.54. The molecule has 0 radical (unpaired) electrons. The third-order valence-electron chi connectivity index (χ3n) is 5.10. The first-order valence-corrected chi connectivity index (χ1v) is 9.54. The van der Waals surface area contributed by atoms with Crippen LogP contribution in [0.2, 0.25) is 0 Å². The van der Waals surface area contributed by atoms with E-state index >= 15 is 0 Å². The van der Waals surface area contributed by atoms with Crippen molar-refractivity contribution in [1.82, 2.24) is 14.8 Å².